The molecule has 1 N–H and O–H groups in total. The van der Waals surface area contributed by atoms with Crippen LogP contribution in [0.2, 0.25) is 0 Å². The van der Waals surface area contributed by atoms with Gasteiger partial charge in [-0.15, -0.1) is 0 Å². The van der Waals surface area contributed by atoms with Crippen molar-refractivity contribution in [3.8, 4) is 0 Å². The van der Waals surface area contributed by atoms with E-state index >= 15 is 0 Å². The average Bonchev–Trinajstić information content (AvgIpc) is 1.80. The van der Waals surface area contributed by atoms with Gasteiger partial charge in [-0.3, -0.25) is 9.59 Å². The minimum absolute atomic E-state index is 0.101. The molecule has 0 saturated heterocycles. The summed E-state index contributed by atoms with van der Waals surface area (Å²) in [6.07, 6.45) is 2.63. The van der Waals surface area contributed by atoms with Crippen LogP contribution in [0.25, 0.3) is 0 Å². The van der Waals surface area contributed by atoms with Gasteiger partial charge in [0.1, 0.15) is 5.78 Å². The molecule has 2 rings (SSSR count). The highest BCUT2D eigenvalue weighted by molar-refractivity contribution is 5.88. The van der Waals surface area contributed by atoms with Crippen LogP contribution in [-0.4, -0.2) is 16.9 Å². The van der Waals surface area contributed by atoms with Gasteiger partial charge < -0.3 is 5.11 Å². The second-order valence-electron chi connectivity index (χ2n) is 4.61. The van der Waals surface area contributed by atoms with Crippen LogP contribution in [0.3, 0.4) is 0 Å². The molecule has 2 fully saturated rings. The number of hydrogen-bond donors (Lipinski definition) is 1. The maximum atomic E-state index is 10.7. The van der Waals surface area contributed by atoms with Crippen LogP contribution < -0.4 is 0 Å². The van der Waals surface area contributed by atoms with Gasteiger partial charge in [-0.2, -0.15) is 0 Å². The molecule has 3 heteroatoms. The van der Waals surface area contributed by atoms with Gasteiger partial charge in [-0.1, -0.05) is 0 Å². The number of rotatable bonds is 1. The standard InChI is InChI=1S/C9H12O3/c1-8(7(11)12)4-9(5-8)2-6(10)3-9/h2-5H2,1H3,(H,11,12). The van der Waals surface area contributed by atoms with E-state index < -0.39 is 11.4 Å². The molecule has 0 bridgehead atoms. The number of aliphatic carboxylic acids is 1. The first-order valence-corrected chi connectivity index (χ1v) is 4.21. The van der Waals surface area contributed by atoms with Crippen LogP contribution in [0.4, 0.5) is 0 Å². The lowest BCUT2D eigenvalue weighted by molar-refractivity contribution is -0.175. The van der Waals surface area contributed by atoms with Gasteiger partial charge in [0.05, 0.1) is 5.41 Å². The Balaban J connectivity index is 1.99. The largest absolute Gasteiger partial charge is 0.481 e. The molecule has 0 aromatic rings. The van der Waals surface area contributed by atoms with Crippen molar-refractivity contribution in [2.45, 2.75) is 32.6 Å². The van der Waals surface area contributed by atoms with Gasteiger partial charge in [-0.05, 0) is 25.2 Å². The summed E-state index contributed by atoms with van der Waals surface area (Å²) in [7, 11) is 0. The number of ketones is 1. The Bertz CT molecular complexity index is 251. The van der Waals surface area contributed by atoms with E-state index in [0.29, 0.717) is 31.5 Å². The highest BCUT2D eigenvalue weighted by atomic mass is 16.4. The molecule has 12 heavy (non-hydrogen) atoms. The van der Waals surface area contributed by atoms with Gasteiger partial charge in [0.2, 0.25) is 0 Å². The Morgan fingerprint density at radius 2 is 1.92 bits per heavy atom. The summed E-state index contributed by atoms with van der Waals surface area (Å²) < 4.78 is 0. The quantitative estimate of drug-likeness (QED) is 0.640. The van der Waals surface area contributed by atoms with Crippen LogP contribution in [0, 0.1) is 10.8 Å². The molecule has 0 heterocycles. The Kier molecular flexibility index (Phi) is 1.23. The molecular weight excluding hydrogens is 156 g/mol. The molecule has 2 saturated carbocycles. The highest BCUT2D eigenvalue weighted by Gasteiger charge is 2.61. The smallest absolute Gasteiger partial charge is 0.309 e. The predicted molar refractivity (Wildman–Crippen MR) is 41.7 cm³/mol. The minimum atomic E-state index is -0.715. The first-order chi connectivity index (χ1) is 5.46. The molecule has 2 aliphatic carbocycles. The summed E-state index contributed by atoms with van der Waals surface area (Å²) in [5.74, 6) is -0.421. The zero-order chi connectivity index (χ0) is 8.98. The van der Waals surface area contributed by atoms with Crippen LogP contribution in [-0.2, 0) is 9.59 Å². The molecule has 3 nitrogen and oxygen atoms in total. The second-order valence-corrected chi connectivity index (χ2v) is 4.61. The lowest BCUT2D eigenvalue weighted by Gasteiger charge is -2.56. The van der Waals surface area contributed by atoms with Crippen LogP contribution in [0.1, 0.15) is 32.6 Å². The molecule has 0 atom stereocenters. The van der Waals surface area contributed by atoms with Crippen molar-refractivity contribution < 1.29 is 14.7 Å². The highest BCUT2D eigenvalue weighted by Crippen LogP contribution is 2.62. The number of carbonyl (C=O) groups excluding carboxylic acids is 1. The van der Waals surface area contributed by atoms with Gasteiger partial charge in [0, 0.05) is 12.8 Å². The lowest BCUT2D eigenvalue weighted by Crippen LogP contribution is -2.55. The zero-order valence-corrected chi connectivity index (χ0v) is 7.09. The SMILES string of the molecule is CC1(C(=O)O)CC2(CC(=O)C2)C1. The van der Waals surface area contributed by atoms with Crippen molar-refractivity contribution in [1.29, 1.82) is 0 Å². The van der Waals surface area contributed by atoms with E-state index in [1.54, 1.807) is 6.92 Å². The summed E-state index contributed by atoms with van der Waals surface area (Å²) in [6, 6.07) is 0. The number of carboxylic acid groups (broad SMARTS) is 1. The fraction of sp³-hybridized carbons (Fsp3) is 0.778. The van der Waals surface area contributed by atoms with Gasteiger partial charge in [0.25, 0.3) is 0 Å². The van der Waals surface area contributed by atoms with Crippen molar-refractivity contribution >= 4 is 11.8 Å². The van der Waals surface area contributed by atoms with Crippen LogP contribution >= 0.6 is 0 Å². The molecule has 1 spiro atoms. The fourth-order valence-corrected chi connectivity index (χ4v) is 2.79. The van der Waals surface area contributed by atoms with Crippen molar-refractivity contribution in [2.24, 2.45) is 10.8 Å². The second kappa shape index (κ2) is 1.90. The van der Waals surface area contributed by atoms with E-state index in [4.69, 9.17) is 5.11 Å². The normalized spacial score (nSPS) is 29.2. The first kappa shape index (κ1) is 7.77. The van der Waals surface area contributed by atoms with Gasteiger partial charge in [0.15, 0.2) is 0 Å². The maximum absolute atomic E-state index is 10.7. The van der Waals surface area contributed by atoms with E-state index in [0.717, 1.165) is 0 Å². The van der Waals surface area contributed by atoms with E-state index in [-0.39, 0.29) is 5.41 Å². The molecule has 0 unspecified atom stereocenters. The molecule has 0 radical (unpaired) electrons. The summed E-state index contributed by atoms with van der Waals surface area (Å²) in [6.45, 7) is 1.77. The maximum Gasteiger partial charge on any atom is 0.309 e. The summed E-state index contributed by atoms with van der Waals surface area (Å²) in [5.41, 5.74) is -0.440. The van der Waals surface area contributed by atoms with Crippen molar-refractivity contribution in [3.63, 3.8) is 0 Å². The van der Waals surface area contributed by atoms with Crippen LogP contribution in [0.5, 0.6) is 0 Å². The monoisotopic (exact) mass is 168 g/mol. The molecule has 0 amide bonds. The molecule has 66 valence electrons. The van der Waals surface area contributed by atoms with Gasteiger partial charge in [-0.25, -0.2) is 0 Å². The van der Waals surface area contributed by atoms with Crippen LogP contribution in [0.15, 0.2) is 0 Å². The molecule has 0 aromatic carbocycles. The third-order valence-corrected chi connectivity index (χ3v) is 3.19. The Morgan fingerprint density at radius 1 is 1.42 bits per heavy atom. The summed E-state index contributed by atoms with van der Waals surface area (Å²) >= 11 is 0. The van der Waals surface area contributed by atoms with Crippen molar-refractivity contribution in [1.82, 2.24) is 0 Å². The van der Waals surface area contributed by atoms with Crippen molar-refractivity contribution in [3.05, 3.63) is 0 Å². The topological polar surface area (TPSA) is 54.4 Å². The van der Waals surface area contributed by atoms with E-state index in [1.165, 1.54) is 0 Å². The summed E-state index contributed by atoms with van der Waals surface area (Å²) in [4.78, 5) is 21.5. The number of Topliss-reactive ketones (excluding diaryl/α,β-unsaturated/α-hetero) is 1. The predicted octanol–water partition coefficient (Wildman–Crippen LogP) is 1.22. The summed E-state index contributed by atoms with van der Waals surface area (Å²) in [5, 5.41) is 8.83. The third kappa shape index (κ3) is 0.822. The van der Waals surface area contributed by atoms with Crippen molar-refractivity contribution in [2.75, 3.05) is 0 Å². The average molecular weight is 168 g/mol. The molecule has 0 aliphatic heterocycles. The minimum Gasteiger partial charge on any atom is -0.481 e. The first-order valence-electron chi connectivity index (χ1n) is 4.21. The van der Waals surface area contributed by atoms with E-state index in [1.807, 2.05) is 0 Å². The number of carbonyl (C=O) groups is 2. The fourth-order valence-electron chi connectivity index (χ4n) is 2.79. The number of hydrogen-bond acceptors (Lipinski definition) is 2. The lowest BCUT2D eigenvalue weighted by atomic mass is 9.45. The Morgan fingerprint density at radius 3 is 2.25 bits per heavy atom. The molecular formula is C9H12O3. The Hall–Kier alpha value is -0.860. The van der Waals surface area contributed by atoms with E-state index in [9.17, 15) is 9.59 Å². The molecule has 0 aromatic heterocycles. The van der Waals surface area contributed by atoms with E-state index in [2.05, 4.69) is 0 Å². The zero-order valence-electron chi connectivity index (χ0n) is 7.09. The number of carboxylic acids is 1. The van der Waals surface area contributed by atoms with Gasteiger partial charge >= 0.3 is 5.97 Å². The Labute approximate surface area is 70.8 Å². The third-order valence-electron chi connectivity index (χ3n) is 3.19. The molecule has 2 aliphatic rings.